The van der Waals surface area contributed by atoms with E-state index in [0.717, 1.165) is 44.0 Å². The number of anilines is 1. The van der Waals surface area contributed by atoms with Gasteiger partial charge < -0.3 is 25.7 Å². The summed E-state index contributed by atoms with van der Waals surface area (Å²) in [4.78, 5) is 30.3. The van der Waals surface area contributed by atoms with Crippen LogP contribution >= 0.6 is 24.0 Å². The molecule has 31 heavy (non-hydrogen) atoms. The van der Waals surface area contributed by atoms with Crippen LogP contribution < -0.4 is 16.4 Å². The predicted molar refractivity (Wildman–Crippen MR) is 131 cm³/mol. The van der Waals surface area contributed by atoms with Crippen molar-refractivity contribution in [1.82, 2.24) is 10.2 Å². The number of carbonyl (C=O) groups excluding carboxylic acids is 2. The molecule has 2 aromatic rings. The van der Waals surface area contributed by atoms with E-state index < -0.39 is 0 Å². The number of primary amides is 1. The fourth-order valence-electron chi connectivity index (χ4n) is 3.59. The Morgan fingerprint density at radius 1 is 1.26 bits per heavy atom. The van der Waals surface area contributed by atoms with E-state index in [4.69, 9.17) is 15.1 Å². The molecule has 1 fully saturated rings. The molecule has 0 spiro atoms. The Bertz CT molecular complexity index is 868. The average Bonchev–Trinajstić information content (AvgIpc) is 3.27. The Morgan fingerprint density at radius 3 is 2.68 bits per heavy atom. The van der Waals surface area contributed by atoms with E-state index >= 15 is 0 Å². The first kappa shape index (κ1) is 24.7. The van der Waals surface area contributed by atoms with Gasteiger partial charge in [-0.05, 0) is 55.5 Å². The molecule has 9 heteroatoms. The van der Waals surface area contributed by atoms with Crippen molar-refractivity contribution in [2.24, 2.45) is 16.6 Å². The van der Waals surface area contributed by atoms with Crippen LogP contribution in [0.15, 0.2) is 52.1 Å². The number of piperidine rings is 1. The minimum absolute atomic E-state index is 0. The zero-order valence-electron chi connectivity index (χ0n) is 17.7. The quantitative estimate of drug-likeness (QED) is 0.284. The molecule has 2 heterocycles. The van der Waals surface area contributed by atoms with E-state index in [1.54, 1.807) is 12.1 Å². The molecular formula is C22H30IN5O3. The summed E-state index contributed by atoms with van der Waals surface area (Å²) in [6.45, 7) is 5.03. The second-order valence-electron chi connectivity index (χ2n) is 7.42. The lowest BCUT2D eigenvalue weighted by atomic mass is 9.95. The summed E-state index contributed by atoms with van der Waals surface area (Å²) in [5.41, 5.74) is 7.10. The largest absolute Gasteiger partial charge is 0.459 e. The maximum absolute atomic E-state index is 12.0. The number of rotatable bonds is 7. The topological polar surface area (TPSA) is 113 Å². The highest BCUT2D eigenvalue weighted by atomic mass is 127. The molecule has 1 unspecified atom stereocenters. The number of amides is 2. The van der Waals surface area contributed by atoms with Gasteiger partial charge in [0.05, 0.1) is 12.8 Å². The summed E-state index contributed by atoms with van der Waals surface area (Å²) >= 11 is 0. The molecule has 1 aromatic carbocycles. The summed E-state index contributed by atoms with van der Waals surface area (Å²) in [6.07, 6.45) is 3.92. The molecular weight excluding hydrogens is 509 g/mol. The van der Waals surface area contributed by atoms with Gasteiger partial charge in [-0.15, -0.1) is 24.0 Å². The Morgan fingerprint density at radius 2 is 2.03 bits per heavy atom. The second kappa shape index (κ2) is 12.3. The van der Waals surface area contributed by atoms with Gasteiger partial charge in [-0.3, -0.25) is 9.59 Å². The van der Waals surface area contributed by atoms with Crippen LogP contribution in [0.5, 0.6) is 0 Å². The third-order valence-electron chi connectivity index (χ3n) is 5.01. The van der Waals surface area contributed by atoms with Crippen LogP contribution in [0.3, 0.4) is 0 Å². The van der Waals surface area contributed by atoms with Gasteiger partial charge in [0.15, 0.2) is 11.7 Å². The number of nitrogens with two attached hydrogens (primary N) is 1. The normalized spacial score (nSPS) is 16.4. The fraction of sp³-hybridized carbons (Fsp3) is 0.409. The molecule has 2 amide bonds. The molecule has 1 aliphatic rings. The number of likely N-dealkylation sites (tertiary alicyclic amines) is 1. The number of furan rings is 1. The van der Waals surface area contributed by atoms with E-state index in [1.165, 1.54) is 6.26 Å². The van der Waals surface area contributed by atoms with Crippen molar-refractivity contribution in [1.29, 1.82) is 0 Å². The molecule has 0 bridgehead atoms. The number of benzene rings is 1. The highest BCUT2D eigenvalue weighted by Gasteiger charge is 2.23. The molecule has 168 valence electrons. The molecule has 1 aliphatic heterocycles. The molecule has 0 saturated carbocycles. The van der Waals surface area contributed by atoms with Crippen LogP contribution in [0, 0.1) is 5.92 Å². The van der Waals surface area contributed by atoms with Gasteiger partial charge in [0.1, 0.15) is 0 Å². The van der Waals surface area contributed by atoms with E-state index in [0.29, 0.717) is 18.7 Å². The van der Waals surface area contributed by atoms with Crippen LogP contribution in [-0.2, 0) is 11.3 Å². The van der Waals surface area contributed by atoms with Crippen LogP contribution in [0.4, 0.5) is 5.69 Å². The lowest BCUT2D eigenvalue weighted by molar-refractivity contribution is -0.119. The number of aliphatic imine (C=N–C) groups is 1. The maximum atomic E-state index is 12.0. The summed E-state index contributed by atoms with van der Waals surface area (Å²) in [5, 5.41) is 6.14. The molecule has 3 rings (SSSR count). The summed E-state index contributed by atoms with van der Waals surface area (Å²) < 4.78 is 5.10. The van der Waals surface area contributed by atoms with Gasteiger partial charge >= 0.3 is 0 Å². The lowest BCUT2D eigenvalue weighted by Gasteiger charge is -2.34. The van der Waals surface area contributed by atoms with Gasteiger partial charge in [0.25, 0.3) is 5.91 Å². The Labute approximate surface area is 199 Å². The van der Waals surface area contributed by atoms with Crippen molar-refractivity contribution in [3.05, 3.63) is 54.0 Å². The van der Waals surface area contributed by atoms with Crippen LogP contribution in [0.25, 0.3) is 0 Å². The van der Waals surface area contributed by atoms with Crippen molar-refractivity contribution in [3.63, 3.8) is 0 Å². The number of hydrogen-bond donors (Lipinski definition) is 3. The Kier molecular flexibility index (Phi) is 9.83. The Balaban J connectivity index is 0.00000341. The number of guanidine groups is 1. The number of carbonyl (C=O) groups is 2. The molecule has 1 saturated heterocycles. The molecule has 1 aromatic heterocycles. The predicted octanol–water partition coefficient (Wildman–Crippen LogP) is 3.20. The summed E-state index contributed by atoms with van der Waals surface area (Å²) in [6, 6.07) is 10.9. The van der Waals surface area contributed by atoms with Crippen molar-refractivity contribution in [2.75, 3.05) is 25.0 Å². The third kappa shape index (κ3) is 7.57. The van der Waals surface area contributed by atoms with E-state index in [-0.39, 0.29) is 47.5 Å². The smallest absolute Gasteiger partial charge is 0.291 e. The molecule has 8 nitrogen and oxygen atoms in total. The average molecular weight is 539 g/mol. The summed E-state index contributed by atoms with van der Waals surface area (Å²) in [5.74, 6) is 0.869. The molecule has 0 radical (unpaired) electrons. The SMILES string of the molecule is CCNC(=NCc1ccc(NC(=O)c2ccco2)cc1)N1CCCC(CC(N)=O)C1.I. The van der Waals surface area contributed by atoms with E-state index in [1.807, 2.05) is 31.2 Å². The highest BCUT2D eigenvalue weighted by molar-refractivity contribution is 14.0. The molecule has 4 N–H and O–H groups in total. The van der Waals surface area contributed by atoms with Crippen LogP contribution in [0.2, 0.25) is 0 Å². The summed E-state index contributed by atoms with van der Waals surface area (Å²) in [7, 11) is 0. The van der Waals surface area contributed by atoms with Crippen molar-refractivity contribution in [2.45, 2.75) is 32.7 Å². The third-order valence-corrected chi connectivity index (χ3v) is 5.01. The van der Waals surface area contributed by atoms with Crippen LogP contribution in [0.1, 0.15) is 42.3 Å². The first-order valence-corrected chi connectivity index (χ1v) is 10.3. The van der Waals surface area contributed by atoms with Gasteiger partial charge in [0, 0.05) is 31.7 Å². The van der Waals surface area contributed by atoms with E-state index in [9.17, 15) is 9.59 Å². The number of nitrogens with zero attached hydrogens (tertiary/aromatic N) is 2. The standard InChI is InChI=1S/C22H29N5O3.HI/c1-2-24-22(27-11-3-5-17(15-27)13-20(23)28)25-14-16-7-9-18(10-8-16)26-21(29)19-6-4-12-30-19;/h4,6-10,12,17H,2-3,5,11,13-15H2,1H3,(H2,23,28)(H,24,25)(H,26,29);1H. The second-order valence-corrected chi connectivity index (χ2v) is 7.42. The molecule has 1 atom stereocenters. The van der Waals surface area contributed by atoms with Gasteiger partial charge in [0.2, 0.25) is 5.91 Å². The minimum atomic E-state index is -0.282. The monoisotopic (exact) mass is 539 g/mol. The van der Waals surface area contributed by atoms with Crippen molar-refractivity contribution in [3.8, 4) is 0 Å². The highest BCUT2D eigenvalue weighted by Crippen LogP contribution is 2.20. The minimum Gasteiger partial charge on any atom is -0.459 e. The molecule has 0 aliphatic carbocycles. The first-order valence-electron chi connectivity index (χ1n) is 10.3. The van der Waals surface area contributed by atoms with Crippen molar-refractivity contribution >= 4 is 47.4 Å². The zero-order valence-corrected chi connectivity index (χ0v) is 20.0. The lowest BCUT2D eigenvalue weighted by Crippen LogP contribution is -2.47. The van der Waals surface area contributed by atoms with E-state index in [2.05, 4.69) is 15.5 Å². The van der Waals surface area contributed by atoms with Crippen molar-refractivity contribution < 1.29 is 14.0 Å². The number of nitrogens with one attached hydrogen (secondary N) is 2. The van der Waals surface area contributed by atoms with Gasteiger partial charge in [-0.25, -0.2) is 4.99 Å². The van der Waals surface area contributed by atoms with Crippen LogP contribution in [-0.4, -0.2) is 42.3 Å². The Hall–Kier alpha value is -2.56. The first-order chi connectivity index (χ1) is 14.5. The number of hydrogen-bond acceptors (Lipinski definition) is 4. The fourth-order valence-corrected chi connectivity index (χ4v) is 3.59. The maximum Gasteiger partial charge on any atom is 0.291 e. The van der Waals surface area contributed by atoms with Gasteiger partial charge in [-0.2, -0.15) is 0 Å². The number of halogens is 1. The van der Waals surface area contributed by atoms with Gasteiger partial charge in [-0.1, -0.05) is 12.1 Å². The zero-order chi connectivity index (χ0) is 21.3.